The summed E-state index contributed by atoms with van der Waals surface area (Å²) in [6.07, 6.45) is 1.20. The molecule has 0 atom stereocenters. The van der Waals surface area contributed by atoms with E-state index >= 15 is 0 Å². The van der Waals surface area contributed by atoms with E-state index in [1.54, 1.807) is 35.9 Å². The molecular weight excluding hydrogens is 380 g/mol. The standard InChI is InChI=1S/C17H14ClF2N5O2/c1-9(26)22-13-6-4-3-5-11(13)14-23-24-15(25(14)2)12-7-10(18)8-21-16(12)27-17(19)20/h3-8,17H,1-2H3,(H,22,26). The molecule has 0 unspecified atom stereocenters. The lowest BCUT2D eigenvalue weighted by Gasteiger charge is -2.11. The summed E-state index contributed by atoms with van der Waals surface area (Å²) in [7, 11) is 1.66. The number of anilines is 1. The number of ether oxygens (including phenoxy) is 1. The Balaban J connectivity index is 2.10. The zero-order chi connectivity index (χ0) is 19.6. The Bertz CT molecular complexity index is 993. The average Bonchev–Trinajstić information content (AvgIpc) is 2.97. The topological polar surface area (TPSA) is 81.9 Å². The summed E-state index contributed by atoms with van der Waals surface area (Å²) in [5.74, 6) is 0.0914. The zero-order valence-electron chi connectivity index (χ0n) is 14.3. The van der Waals surface area contributed by atoms with E-state index in [1.807, 2.05) is 0 Å². The molecule has 140 valence electrons. The third kappa shape index (κ3) is 4.03. The van der Waals surface area contributed by atoms with Crippen LogP contribution in [-0.4, -0.2) is 32.3 Å². The minimum atomic E-state index is -3.05. The van der Waals surface area contributed by atoms with E-state index in [0.29, 0.717) is 17.1 Å². The van der Waals surface area contributed by atoms with Crippen molar-refractivity contribution in [2.75, 3.05) is 5.32 Å². The SMILES string of the molecule is CC(=O)Nc1ccccc1-c1nnc(-c2cc(Cl)cnc2OC(F)F)n1C. The molecule has 0 saturated heterocycles. The zero-order valence-corrected chi connectivity index (χ0v) is 15.0. The van der Waals surface area contributed by atoms with Crippen LogP contribution in [0.4, 0.5) is 14.5 Å². The van der Waals surface area contributed by atoms with Crippen molar-refractivity contribution >= 4 is 23.2 Å². The molecule has 0 fully saturated rings. The van der Waals surface area contributed by atoms with Gasteiger partial charge in [0, 0.05) is 25.7 Å². The van der Waals surface area contributed by atoms with E-state index in [9.17, 15) is 13.6 Å². The largest absolute Gasteiger partial charge is 0.416 e. The molecule has 0 saturated carbocycles. The second kappa shape index (κ2) is 7.67. The van der Waals surface area contributed by atoms with Crippen LogP contribution in [-0.2, 0) is 11.8 Å². The summed E-state index contributed by atoms with van der Waals surface area (Å²) in [4.78, 5) is 15.2. The van der Waals surface area contributed by atoms with Crippen LogP contribution < -0.4 is 10.1 Å². The summed E-state index contributed by atoms with van der Waals surface area (Å²) in [6, 6.07) is 8.44. The number of carbonyl (C=O) groups excluding carboxylic acids is 1. The van der Waals surface area contributed by atoms with Gasteiger partial charge in [-0.1, -0.05) is 23.7 Å². The molecule has 3 rings (SSSR count). The quantitative estimate of drug-likeness (QED) is 0.713. The van der Waals surface area contributed by atoms with Crippen LogP contribution in [0, 0.1) is 0 Å². The highest BCUT2D eigenvalue weighted by Gasteiger charge is 2.21. The van der Waals surface area contributed by atoms with Gasteiger partial charge in [0.25, 0.3) is 0 Å². The first kappa shape index (κ1) is 18.7. The monoisotopic (exact) mass is 393 g/mol. The fourth-order valence-corrected chi connectivity index (χ4v) is 2.70. The Hall–Kier alpha value is -3.07. The van der Waals surface area contributed by atoms with Gasteiger partial charge in [0.2, 0.25) is 11.8 Å². The predicted molar refractivity (Wildman–Crippen MR) is 95.6 cm³/mol. The molecule has 0 aliphatic heterocycles. The highest BCUT2D eigenvalue weighted by Crippen LogP contribution is 2.33. The Morgan fingerprint density at radius 1 is 1.22 bits per heavy atom. The van der Waals surface area contributed by atoms with Gasteiger partial charge in [-0.3, -0.25) is 4.79 Å². The molecule has 1 aromatic carbocycles. The number of alkyl halides is 2. The summed E-state index contributed by atoms with van der Waals surface area (Å²) in [5, 5.41) is 11.1. The van der Waals surface area contributed by atoms with Gasteiger partial charge in [0.1, 0.15) is 0 Å². The van der Waals surface area contributed by atoms with Gasteiger partial charge in [-0.2, -0.15) is 8.78 Å². The fraction of sp³-hybridized carbons (Fsp3) is 0.176. The van der Waals surface area contributed by atoms with Gasteiger partial charge < -0.3 is 14.6 Å². The molecule has 1 N–H and O–H groups in total. The number of hydrogen-bond donors (Lipinski definition) is 1. The molecule has 1 amide bonds. The number of amides is 1. The van der Waals surface area contributed by atoms with Gasteiger partial charge >= 0.3 is 6.61 Å². The van der Waals surface area contributed by atoms with Crippen molar-refractivity contribution < 1.29 is 18.3 Å². The number of benzene rings is 1. The van der Waals surface area contributed by atoms with Crippen LogP contribution in [0.25, 0.3) is 22.8 Å². The summed E-state index contributed by atoms with van der Waals surface area (Å²) in [5.41, 5.74) is 1.32. The number of pyridine rings is 1. The molecular formula is C17H14ClF2N5O2. The minimum Gasteiger partial charge on any atom is -0.416 e. The Morgan fingerprint density at radius 2 is 1.89 bits per heavy atom. The van der Waals surface area contributed by atoms with Crippen LogP contribution in [0.3, 0.4) is 0 Å². The Kier molecular flexibility index (Phi) is 5.31. The first-order valence-electron chi connectivity index (χ1n) is 7.74. The number of rotatable bonds is 5. The van der Waals surface area contributed by atoms with Crippen LogP contribution in [0.5, 0.6) is 5.88 Å². The number of aromatic nitrogens is 4. The minimum absolute atomic E-state index is 0.168. The smallest absolute Gasteiger partial charge is 0.388 e. The van der Waals surface area contributed by atoms with Gasteiger partial charge in [-0.25, -0.2) is 4.98 Å². The number of nitrogens with zero attached hydrogens (tertiary/aromatic N) is 4. The summed E-state index contributed by atoms with van der Waals surface area (Å²) in [6.45, 7) is -1.66. The maximum absolute atomic E-state index is 12.7. The number of carbonyl (C=O) groups is 1. The van der Waals surface area contributed by atoms with E-state index in [2.05, 4.69) is 25.2 Å². The maximum Gasteiger partial charge on any atom is 0.388 e. The molecule has 2 heterocycles. The molecule has 0 spiro atoms. The lowest BCUT2D eigenvalue weighted by molar-refractivity contribution is -0.114. The highest BCUT2D eigenvalue weighted by atomic mass is 35.5. The second-order valence-electron chi connectivity index (χ2n) is 5.52. The van der Waals surface area contributed by atoms with Gasteiger partial charge in [-0.15, -0.1) is 10.2 Å². The van der Waals surface area contributed by atoms with Crippen molar-refractivity contribution in [2.24, 2.45) is 7.05 Å². The molecule has 27 heavy (non-hydrogen) atoms. The first-order chi connectivity index (χ1) is 12.9. The third-order valence-electron chi connectivity index (χ3n) is 3.61. The number of hydrogen-bond acceptors (Lipinski definition) is 5. The first-order valence-corrected chi connectivity index (χ1v) is 8.11. The Morgan fingerprint density at radius 3 is 2.56 bits per heavy atom. The molecule has 0 radical (unpaired) electrons. The van der Waals surface area contributed by atoms with Gasteiger partial charge in [0.15, 0.2) is 11.6 Å². The number of nitrogens with one attached hydrogen (secondary N) is 1. The van der Waals surface area contributed by atoms with Crippen LogP contribution >= 0.6 is 11.6 Å². The molecule has 0 aliphatic rings. The molecule has 10 heteroatoms. The molecule has 3 aromatic rings. The predicted octanol–water partition coefficient (Wildman–Crippen LogP) is 3.76. The van der Waals surface area contributed by atoms with Crippen molar-refractivity contribution in [1.82, 2.24) is 19.7 Å². The summed E-state index contributed by atoms with van der Waals surface area (Å²) < 4.78 is 31.4. The van der Waals surface area contributed by atoms with Gasteiger partial charge in [0.05, 0.1) is 16.3 Å². The summed E-state index contributed by atoms with van der Waals surface area (Å²) >= 11 is 5.95. The maximum atomic E-state index is 12.7. The molecule has 0 bridgehead atoms. The lowest BCUT2D eigenvalue weighted by atomic mass is 10.1. The molecule has 2 aromatic heterocycles. The van der Waals surface area contributed by atoms with Crippen molar-refractivity contribution in [2.45, 2.75) is 13.5 Å². The van der Waals surface area contributed by atoms with Crippen LogP contribution in [0.1, 0.15) is 6.92 Å². The number of para-hydroxylation sites is 1. The van der Waals surface area contributed by atoms with Crippen molar-refractivity contribution in [3.63, 3.8) is 0 Å². The number of halogens is 3. The van der Waals surface area contributed by atoms with Crippen LogP contribution in [0.2, 0.25) is 5.02 Å². The third-order valence-corrected chi connectivity index (χ3v) is 3.82. The molecule has 0 aliphatic carbocycles. The van der Waals surface area contributed by atoms with E-state index in [4.69, 9.17) is 11.6 Å². The molecule has 7 nitrogen and oxygen atoms in total. The van der Waals surface area contributed by atoms with E-state index in [1.165, 1.54) is 19.2 Å². The Labute approximate surface area is 158 Å². The van der Waals surface area contributed by atoms with E-state index < -0.39 is 6.61 Å². The van der Waals surface area contributed by atoms with Crippen molar-refractivity contribution in [1.29, 1.82) is 0 Å². The fourth-order valence-electron chi connectivity index (χ4n) is 2.54. The van der Waals surface area contributed by atoms with E-state index in [-0.39, 0.29) is 28.2 Å². The highest BCUT2D eigenvalue weighted by molar-refractivity contribution is 6.30. The van der Waals surface area contributed by atoms with Crippen LogP contribution in [0.15, 0.2) is 36.5 Å². The van der Waals surface area contributed by atoms with Crippen molar-refractivity contribution in [3.05, 3.63) is 41.6 Å². The normalized spacial score (nSPS) is 10.9. The van der Waals surface area contributed by atoms with E-state index in [0.717, 1.165) is 0 Å². The van der Waals surface area contributed by atoms with Crippen molar-refractivity contribution in [3.8, 4) is 28.7 Å². The average molecular weight is 394 g/mol. The second-order valence-corrected chi connectivity index (χ2v) is 5.95. The van der Waals surface area contributed by atoms with Gasteiger partial charge in [-0.05, 0) is 18.2 Å². The lowest BCUT2D eigenvalue weighted by Crippen LogP contribution is -2.08.